The fourth-order valence-corrected chi connectivity index (χ4v) is 1.12. The zero-order valence-corrected chi connectivity index (χ0v) is 10.1. The van der Waals surface area contributed by atoms with Crippen LogP contribution in [0.4, 0.5) is 8.78 Å². The van der Waals surface area contributed by atoms with E-state index in [1.54, 1.807) is 24.3 Å². The molecule has 0 unspecified atom stereocenters. The number of hydrogen-bond acceptors (Lipinski definition) is 2. The van der Waals surface area contributed by atoms with Gasteiger partial charge in [-0.25, -0.2) is 0 Å². The van der Waals surface area contributed by atoms with Crippen molar-refractivity contribution in [2.45, 2.75) is 33.5 Å². The highest BCUT2D eigenvalue weighted by atomic mass is 19.3. The average molecular weight is 239 g/mol. The van der Waals surface area contributed by atoms with E-state index in [1.165, 1.54) is 20.8 Å². The van der Waals surface area contributed by atoms with E-state index >= 15 is 0 Å². The normalized spacial score (nSPS) is 12.2. The monoisotopic (exact) mass is 239 g/mol. The number of rotatable bonds is 3. The van der Waals surface area contributed by atoms with Gasteiger partial charge in [0.15, 0.2) is 0 Å². The molecule has 0 amide bonds. The Morgan fingerprint density at radius 1 is 1.29 bits per heavy atom. The van der Waals surface area contributed by atoms with E-state index in [-0.39, 0.29) is 6.61 Å². The van der Waals surface area contributed by atoms with Crippen molar-refractivity contribution in [3.8, 4) is 6.07 Å². The molecule has 0 spiro atoms. The van der Waals surface area contributed by atoms with E-state index in [0.717, 1.165) is 0 Å². The Morgan fingerprint density at radius 3 is 2.47 bits per heavy atom. The van der Waals surface area contributed by atoms with Crippen molar-refractivity contribution >= 4 is 0 Å². The van der Waals surface area contributed by atoms with E-state index in [9.17, 15) is 8.78 Å². The van der Waals surface area contributed by atoms with E-state index in [2.05, 4.69) is 4.74 Å². The van der Waals surface area contributed by atoms with Gasteiger partial charge in [0.1, 0.15) is 0 Å². The second kappa shape index (κ2) is 4.80. The first-order valence-electron chi connectivity index (χ1n) is 5.27. The van der Waals surface area contributed by atoms with Gasteiger partial charge in [0.2, 0.25) is 0 Å². The summed E-state index contributed by atoms with van der Waals surface area (Å²) < 4.78 is 31.7. The Hall–Kier alpha value is -1.47. The molecule has 0 bridgehead atoms. The first kappa shape index (κ1) is 13.6. The first-order valence-corrected chi connectivity index (χ1v) is 5.27. The van der Waals surface area contributed by atoms with Crippen LogP contribution in [0.2, 0.25) is 0 Å². The molecule has 0 saturated carbocycles. The lowest BCUT2D eigenvalue weighted by molar-refractivity contribution is -0.300. The maximum Gasteiger partial charge on any atom is 0.360 e. The smallest absolute Gasteiger partial charge is 0.315 e. The molecule has 4 heteroatoms. The molecule has 0 aliphatic heterocycles. The maximum absolute atomic E-state index is 13.5. The summed E-state index contributed by atoms with van der Waals surface area (Å²) in [5.74, 6) is 0. The molecule has 0 radical (unpaired) electrons. The zero-order chi connectivity index (χ0) is 13.1. The highest BCUT2D eigenvalue weighted by molar-refractivity contribution is 5.32. The standard InChI is InChI=1S/C13H15F2NO/c1-12(2,3)13(14,15)17-9-11-6-4-5-10(7-11)8-16/h4-7H,9H2,1-3H3. The van der Waals surface area contributed by atoms with Gasteiger partial charge in [-0.3, -0.25) is 0 Å². The lowest BCUT2D eigenvalue weighted by Gasteiger charge is -2.29. The van der Waals surface area contributed by atoms with Gasteiger partial charge < -0.3 is 4.74 Å². The number of alkyl halides is 2. The van der Waals surface area contributed by atoms with Gasteiger partial charge in [-0.1, -0.05) is 32.9 Å². The van der Waals surface area contributed by atoms with Crippen molar-refractivity contribution in [2.75, 3.05) is 0 Å². The minimum atomic E-state index is -3.20. The predicted octanol–water partition coefficient (Wildman–Crippen LogP) is 3.71. The van der Waals surface area contributed by atoms with Gasteiger partial charge in [0, 0.05) is 0 Å². The number of hydrogen-bond donors (Lipinski definition) is 0. The van der Waals surface area contributed by atoms with Crippen molar-refractivity contribution in [1.82, 2.24) is 0 Å². The van der Waals surface area contributed by atoms with E-state index in [1.807, 2.05) is 6.07 Å². The maximum atomic E-state index is 13.5. The molecule has 0 aliphatic carbocycles. The van der Waals surface area contributed by atoms with Gasteiger partial charge in [-0.2, -0.15) is 14.0 Å². The largest absolute Gasteiger partial charge is 0.360 e. The van der Waals surface area contributed by atoms with E-state index in [4.69, 9.17) is 5.26 Å². The van der Waals surface area contributed by atoms with Gasteiger partial charge >= 0.3 is 6.11 Å². The summed E-state index contributed by atoms with van der Waals surface area (Å²) in [6.45, 7) is 4.04. The van der Waals surface area contributed by atoms with Crippen LogP contribution in [0.5, 0.6) is 0 Å². The summed E-state index contributed by atoms with van der Waals surface area (Å²) in [6, 6.07) is 8.41. The number of ether oxygens (including phenoxy) is 1. The van der Waals surface area contributed by atoms with Crippen molar-refractivity contribution in [2.24, 2.45) is 5.41 Å². The SMILES string of the molecule is CC(C)(C)C(F)(F)OCc1cccc(C#N)c1. The minimum Gasteiger partial charge on any atom is -0.315 e. The molecule has 1 rings (SSSR count). The summed E-state index contributed by atoms with van der Waals surface area (Å²) in [5, 5.41) is 8.68. The van der Waals surface area contributed by atoms with Crippen LogP contribution in [0.1, 0.15) is 31.9 Å². The average Bonchev–Trinajstić information content (AvgIpc) is 2.25. The van der Waals surface area contributed by atoms with Crippen LogP contribution in [0.25, 0.3) is 0 Å². The Bertz CT molecular complexity index is 430. The molecule has 17 heavy (non-hydrogen) atoms. The molecule has 0 N–H and O–H groups in total. The molecule has 0 heterocycles. The third-order valence-corrected chi connectivity index (χ3v) is 2.35. The van der Waals surface area contributed by atoms with Crippen LogP contribution in [-0.2, 0) is 11.3 Å². The second-order valence-corrected chi connectivity index (χ2v) is 4.87. The van der Waals surface area contributed by atoms with Gasteiger partial charge in [0.05, 0.1) is 23.7 Å². The molecule has 1 aromatic rings. The zero-order valence-electron chi connectivity index (χ0n) is 10.1. The summed E-state index contributed by atoms with van der Waals surface area (Å²) in [6.07, 6.45) is -3.20. The number of nitriles is 1. The molecular weight excluding hydrogens is 224 g/mol. The van der Waals surface area contributed by atoms with E-state index in [0.29, 0.717) is 11.1 Å². The number of benzene rings is 1. The summed E-state index contributed by atoms with van der Waals surface area (Å²) in [4.78, 5) is 0. The van der Waals surface area contributed by atoms with Gasteiger partial charge in [-0.05, 0) is 17.7 Å². The quantitative estimate of drug-likeness (QED) is 0.805. The minimum absolute atomic E-state index is 0.209. The molecule has 92 valence electrons. The summed E-state index contributed by atoms with van der Waals surface area (Å²) in [7, 11) is 0. The van der Waals surface area contributed by atoms with Crippen LogP contribution in [0.15, 0.2) is 24.3 Å². The number of halogens is 2. The Labute approximate surface area is 99.8 Å². The fourth-order valence-electron chi connectivity index (χ4n) is 1.12. The molecule has 0 aromatic heterocycles. The van der Waals surface area contributed by atoms with Crippen LogP contribution >= 0.6 is 0 Å². The molecule has 0 saturated heterocycles. The van der Waals surface area contributed by atoms with Crippen molar-refractivity contribution in [3.05, 3.63) is 35.4 Å². The molecule has 0 aliphatic rings. The lowest BCUT2D eigenvalue weighted by Crippen LogP contribution is -2.36. The molecule has 2 nitrogen and oxygen atoms in total. The van der Waals surface area contributed by atoms with Gasteiger partial charge in [-0.15, -0.1) is 0 Å². The summed E-state index contributed by atoms with van der Waals surface area (Å²) in [5.41, 5.74) is -0.252. The lowest BCUT2D eigenvalue weighted by atomic mass is 9.95. The van der Waals surface area contributed by atoms with Crippen LogP contribution in [-0.4, -0.2) is 6.11 Å². The third kappa shape index (κ3) is 3.50. The van der Waals surface area contributed by atoms with Crippen molar-refractivity contribution in [1.29, 1.82) is 5.26 Å². The second-order valence-electron chi connectivity index (χ2n) is 4.87. The van der Waals surface area contributed by atoms with Crippen molar-refractivity contribution < 1.29 is 13.5 Å². The van der Waals surface area contributed by atoms with Crippen LogP contribution < -0.4 is 0 Å². The highest BCUT2D eigenvalue weighted by Crippen LogP contribution is 2.37. The molecule has 0 fully saturated rings. The molecule has 0 atom stereocenters. The summed E-state index contributed by atoms with van der Waals surface area (Å²) >= 11 is 0. The Morgan fingerprint density at radius 2 is 1.94 bits per heavy atom. The topological polar surface area (TPSA) is 33.0 Å². The fraction of sp³-hybridized carbons (Fsp3) is 0.462. The van der Waals surface area contributed by atoms with Gasteiger partial charge in [0.25, 0.3) is 0 Å². The number of nitrogens with zero attached hydrogens (tertiary/aromatic N) is 1. The van der Waals surface area contributed by atoms with Crippen LogP contribution in [0.3, 0.4) is 0 Å². The van der Waals surface area contributed by atoms with E-state index < -0.39 is 11.5 Å². The highest BCUT2D eigenvalue weighted by Gasteiger charge is 2.44. The first-order chi connectivity index (χ1) is 7.76. The third-order valence-electron chi connectivity index (χ3n) is 2.35. The van der Waals surface area contributed by atoms with Crippen LogP contribution in [0, 0.1) is 16.7 Å². The Kier molecular flexibility index (Phi) is 3.84. The molecule has 1 aromatic carbocycles. The van der Waals surface area contributed by atoms with Crippen molar-refractivity contribution in [3.63, 3.8) is 0 Å². The Balaban J connectivity index is 2.71. The molecular formula is C13H15F2NO. The predicted molar refractivity (Wildman–Crippen MR) is 60.3 cm³/mol.